The summed E-state index contributed by atoms with van der Waals surface area (Å²) in [5.74, 6) is -2.41. The van der Waals surface area contributed by atoms with Gasteiger partial charge in [0, 0.05) is 30.8 Å². The maximum absolute atomic E-state index is 14.4. The van der Waals surface area contributed by atoms with Crippen LogP contribution in [0.4, 0.5) is 24.7 Å². The molecule has 1 fully saturated rings. The predicted molar refractivity (Wildman–Crippen MR) is 112 cm³/mol. The van der Waals surface area contributed by atoms with E-state index in [1.54, 1.807) is 7.05 Å². The van der Waals surface area contributed by atoms with Crippen molar-refractivity contribution in [1.29, 1.82) is 0 Å². The summed E-state index contributed by atoms with van der Waals surface area (Å²) in [4.78, 5) is 28.4. The van der Waals surface area contributed by atoms with E-state index in [1.165, 1.54) is 11.0 Å². The van der Waals surface area contributed by atoms with E-state index in [0.29, 0.717) is 6.42 Å². The molecule has 33 heavy (non-hydrogen) atoms. The van der Waals surface area contributed by atoms with E-state index < -0.39 is 17.5 Å². The van der Waals surface area contributed by atoms with Crippen molar-refractivity contribution < 1.29 is 18.0 Å². The minimum atomic E-state index is -0.773. The highest BCUT2D eigenvalue weighted by molar-refractivity contribution is 6.20. The number of hydrogen-bond donors (Lipinski definition) is 2. The van der Waals surface area contributed by atoms with Crippen molar-refractivity contribution in [2.24, 2.45) is 12.0 Å². The Morgan fingerprint density at radius 1 is 1.12 bits per heavy atom. The van der Waals surface area contributed by atoms with Gasteiger partial charge in [0.25, 0.3) is 5.91 Å². The minimum absolute atomic E-state index is 0.0297. The van der Waals surface area contributed by atoms with Gasteiger partial charge in [-0.3, -0.25) is 9.48 Å². The van der Waals surface area contributed by atoms with Gasteiger partial charge in [0.05, 0.1) is 6.20 Å². The number of aromatic nitrogens is 5. The number of anilines is 1. The van der Waals surface area contributed by atoms with Crippen LogP contribution in [0.5, 0.6) is 0 Å². The molecule has 12 heteroatoms. The standard InChI is InChI=1S/C21H19F3N8O/c1-32-9-26-20(31-32)21(33)28-12-4-2-3-11(7-12)27-18-15(24)8-25-19(30-18)17-13-5-10(22)6-14(23)16(13)29-17/h5-6,8-9,11-12H,2-4,7H2,1H3,(H,28,33)(H,25,27,30)/t11?,12-/m1/s1. The molecule has 0 bridgehead atoms. The predicted octanol–water partition coefficient (Wildman–Crippen LogP) is 2.66. The van der Waals surface area contributed by atoms with E-state index in [1.807, 2.05) is 0 Å². The molecule has 1 unspecified atom stereocenters. The molecule has 9 nitrogen and oxygen atoms in total. The fourth-order valence-corrected chi connectivity index (χ4v) is 4.07. The normalized spacial score (nSPS) is 19.3. The minimum Gasteiger partial charge on any atom is -0.365 e. The van der Waals surface area contributed by atoms with Crippen molar-refractivity contribution in [3.63, 3.8) is 0 Å². The number of benzene rings is 1. The number of nitrogens with zero attached hydrogens (tertiary/aromatic N) is 6. The van der Waals surface area contributed by atoms with Crippen LogP contribution in [0.15, 0.2) is 29.6 Å². The van der Waals surface area contributed by atoms with Crippen LogP contribution in [0.3, 0.4) is 0 Å². The summed E-state index contributed by atoms with van der Waals surface area (Å²) in [6, 6.07) is 1.61. The van der Waals surface area contributed by atoms with E-state index in [9.17, 15) is 18.0 Å². The van der Waals surface area contributed by atoms with Gasteiger partial charge < -0.3 is 10.6 Å². The molecule has 170 valence electrons. The number of aryl methyl sites for hydroxylation is 1. The summed E-state index contributed by atoms with van der Waals surface area (Å²) < 4.78 is 43.2. The SMILES string of the molecule is Cn1cnc(C(=O)N[C@@H]2CCCC(Nc3nc(C4=Nc5c(F)cc(F)cc54)ncc3F)C2)n1. The lowest BCUT2D eigenvalue weighted by atomic mass is 9.91. The van der Waals surface area contributed by atoms with Crippen molar-refractivity contribution in [1.82, 2.24) is 30.0 Å². The molecule has 2 aliphatic rings. The maximum Gasteiger partial charge on any atom is 0.291 e. The Kier molecular flexibility index (Phi) is 5.27. The number of fused-ring (bicyclic) bond motifs is 1. The number of carbonyl (C=O) groups excluding carboxylic acids is 1. The Hall–Kier alpha value is -3.83. The number of aliphatic imine (C=N–C) groups is 1. The Morgan fingerprint density at radius 2 is 1.94 bits per heavy atom. The zero-order chi connectivity index (χ0) is 23.1. The number of hydrogen-bond acceptors (Lipinski definition) is 7. The van der Waals surface area contributed by atoms with Gasteiger partial charge in [-0.15, -0.1) is 5.10 Å². The van der Waals surface area contributed by atoms with Crippen LogP contribution in [0.2, 0.25) is 0 Å². The van der Waals surface area contributed by atoms with E-state index >= 15 is 0 Å². The lowest BCUT2D eigenvalue weighted by molar-refractivity contribution is 0.0915. The van der Waals surface area contributed by atoms with E-state index in [-0.39, 0.29) is 52.4 Å². The second-order valence-corrected chi connectivity index (χ2v) is 8.05. The number of halogens is 3. The molecule has 1 aliphatic carbocycles. The molecule has 1 saturated carbocycles. The lowest BCUT2D eigenvalue weighted by Gasteiger charge is -2.30. The number of rotatable bonds is 5. The first-order valence-electron chi connectivity index (χ1n) is 10.4. The molecule has 1 aromatic carbocycles. The van der Waals surface area contributed by atoms with Gasteiger partial charge in [0.1, 0.15) is 23.5 Å². The first kappa shape index (κ1) is 21.0. The Labute approximate surface area is 186 Å². The highest BCUT2D eigenvalue weighted by Crippen LogP contribution is 2.35. The van der Waals surface area contributed by atoms with Crippen molar-refractivity contribution >= 4 is 23.1 Å². The van der Waals surface area contributed by atoms with Crippen LogP contribution in [0.1, 0.15) is 47.7 Å². The molecule has 1 aliphatic heterocycles. The van der Waals surface area contributed by atoms with Gasteiger partial charge in [-0.05, 0) is 31.7 Å². The topological polar surface area (TPSA) is 110 Å². The molecule has 1 amide bonds. The molecular weight excluding hydrogens is 437 g/mol. The third kappa shape index (κ3) is 4.15. The highest BCUT2D eigenvalue weighted by atomic mass is 19.1. The fourth-order valence-electron chi connectivity index (χ4n) is 4.07. The zero-order valence-corrected chi connectivity index (χ0v) is 17.5. The van der Waals surface area contributed by atoms with Gasteiger partial charge in [-0.2, -0.15) is 0 Å². The molecule has 3 heterocycles. The lowest BCUT2D eigenvalue weighted by Crippen LogP contribution is -2.42. The first-order chi connectivity index (χ1) is 15.9. The first-order valence-corrected chi connectivity index (χ1v) is 10.4. The van der Waals surface area contributed by atoms with E-state index in [4.69, 9.17) is 0 Å². The summed E-state index contributed by atoms with van der Waals surface area (Å²) in [6.07, 6.45) is 5.35. The zero-order valence-electron chi connectivity index (χ0n) is 17.5. The molecular formula is C21H19F3N8O. The largest absolute Gasteiger partial charge is 0.365 e. The number of nitrogens with one attached hydrogen (secondary N) is 2. The molecule has 2 atom stereocenters. The van der Waals surface area contributed by atoms with Gasteiger partial charge in [0.2, 0.25) is 5.82 Å². The third-order valence-electron chi connectivity index (χ3n) is 5.62. The Morgan fingerprint density at radius 3 is 2.73 bits per heavy atom. The summed E-state index contributed by atoms with van der Waals surface area (Å²) in [5.41, 5.74) is 0.471. The second-order valence-electron chi connectivity index (χ2n) is 8.05. The van der Waals surface area contributed by atoms with Gasteiger partial charge in [0.15, 0.2) is 23.3 Å². The quantitative estimate of drug-likeness (QED) is 0.478. The smallest absolute Gasteiger partial charge is 0.291 e. The van der Waals surface area contributed by atoms with Crippen molar-refractivity contribution in [3.05, 3.63) is 59.3 Å². The number of amides is 1. The van der Waals surface area contributed by atoms with Crippen LogP contribution in [0, 0.1) is 17.5 Å². The van der Waals surface area contributed by atoms with Crippen molar-refractivity contribution in [2.75, 3.05) is 5.32 Å². The molecule has 0 spiro atoms. The second kappa shape index (κ2) is 8.26. The average molecular weight is 456 g/mol. The summed E-state index contributed by atoms with van der Waals surface area (Å²) in [6.45, 7) is 0. The summed E-state index contributed by atoms with van der Waals surface area (Å²) in [5, 5.41) is 9.98. The van der Waals surface area contributed by atoms with Crippen molar-refractivity contribution in [2.45, 2.75) is 37.8 Å². The van der Waals surface area contributed by atoms with E-state index in [2.05, 4.69) is 35.7 Å². The molecule has 2 aromatic heterocycles. The Bertz CT molecular complexity index is 1270. The molecule has 3 aromatic rings. The van der Waals surface area contributed by atoms with E-state index in [0.717, 1.165) is 37.6 Å². The monoisotopic (exact) mass is 456 g/mol. The third-order valence-corrected chi connectivity index (χ3v) is 5.62. The molecule has 2 N–H and O–H groups in total. The van der Waals surface area contributed by atoms with Crippen LogP contribution in [0.25, 0.3) is 0 Å². The van der Waals surface area contributed by atoms with Gasteiger partial charge >= 0.3 is 0 Å². The fraction of sp³-hybridized carbons (Fsp3) is 0.333. The summed E-state index contributed by atoms with van der Waals surface area (Å²) in [7, 11) is 1.68. The number of carbonyl (C=O) groups is 1. The van der Waals surface area contributed by atoms with Gasteiger partial charge in [-0.25, -0.2) is 33.1 Å². The average Bonchev–Trinajstić information content (AvgIpc) is 3.19. The molecule has 0 radical (unpaired) electrons. The van der Waals surface area contributed by atoms with Crippen LogP contribution >= 0.6 is 0 Å². The molecule has 5 rings (SSSR count). The highest BCUT2D eigenvalue weighted by Gasteiger charge is 2.29. The summed E-state index contributed by atoms with van der Waals surface area (Å²) >= 11 is 0. The van der Waals surface area contributed by atoms with Crippen LogP contribution < -0.4 is 10.6 Å². The van der Waals surface area contributed by atoms with Crippen LogP contribution in [-0.4, -0.2) is 48.4 Å². The molecule has 0 saturated heterocycles. The van der Waals surface area contributed by atoms with Crippen molar-refractivity contribution in [3.8, 4) is 0 Å². The Balaban J connectivity index is 1.28. The maximum atomic E-state index is 14.4. The van der Waals surface area contributed by atoms with Gasteiger partial charge in [-0.1, -0.05) is 0 Å². The van der Waals surface area contributed by atoms with Crippen LogP contribution in [-0.2, 0) is 7.05 Å².